The predicted octanol–water partition coefficient (Wildman–Crippen LogP) is 7.05. The Balaban J connectivity index is -0.0000000925. The first kappa shape index (κ1) is 25.9. The van der Waals surface area contributed by atoms with E-state index in [2.05, 4.69) is 52.0 Å². The highest BCUT2D eigenvalue weighted by Gasteiger charge is 1.89. The van der Waals surface area contributed by atoms with Crippen molar-refractivity contribution in [3.05, 3.63) is 35.4 Å². The molecule has 0 amide bonds. The minimum atomic E-state index is 1.15. The fourth-order valence-corrected chi connectivity index (χ4v) is 1.01. The Hall–Kier alpha value is -0.780. The van der Waals surface area contributed by atoms with Gasteiger partial charge in [-0.1, -0.05) is 93.0 Å². The van der Waals surface area contributed by atoms with Crippen LogP contribution in [-0.4, -0.2) is 0 Å². The van der Waals surface area contributed by atoms with Crippen molar-refractivity contribution in [2.45, 2.75) is 82.1 Å². The normalized spacial score (nSPS) is 6.78. The second-order valence-corrected chi connectivity index (χ2v) is 2.99. The minimum Gasteiger partial charge on any atom is -0.0683 e. The van der Waals surface area contributed by atoms with Crippen molar-refractivity contribution in [1.82, 2.24) is 0 Å². The highest BCUT2D eigenvalue weighted by Crippen LogP contribution is 2.06. The summed E-state index contributed by atoms with van der Waals surface area (Å²) in [4.78, 5) is 0. The third-order valence-electron chi connectivity index (χ3n) is 1.64. The molecule has 1 aromatic rings. The number of rotatable bonds is 1. The van der Waals surface area contributed by atoms with Crippen molar-refractivity contribution in [3.63, 3.8) is 0 Å². The molecule has 0 aliphatic carbocycles. The molecule has 0 aliphatic heterocycles. The van der Waals surface area contributed by atoms with Gasteiger partial charge in [-0.25, -0.2) is 0 Å². The van der Waals surface area contributed by atoms with Gasteiger partial charge in [-0.3, -0.25) is 0 Å². The SMILES string of the molecule is CC.CC.CC.CCC.CCc1ccccc1C. The van der Waals surface area contributed by atoms with Crippen LogP contribution in [0.25, 0.3) is 0 Å². The molecule has 0 spiro atoms. The molecule has 0 unspecified atom stereocenters. The zero-order valence-corrected chi connectivity index (χ0v) is 14.7. The van der Waals surface area contributed by atoms with E-state index >= 15 is 0 Å². The van der Waals surface area contributed by atoms with Crippen molar-refractivity contribution in [2.75, 3.05) is 0 Å². The van der Waals surface area contributed by atoms with Gasteiger partial charge in [0.1, 0.15) is 0 Å². The van der Waals surface area contributed by atoms with Gasteiger partial charge in [0.25, 0.3) is 0 Å². The summed E-state index contributed by atoms with van der Waals surface area (Å²) in [5.74, 6) is 0. The van der Waals surface area contributed by atoms with Gasteiger partial charge >= 0.3 is 0 Å². The average molecular weight is 255 g/mol. The standard InChI is InChI=1S/C9H12.C3H8.3C2H6/c1-3-9-7-5-4-6-8(9)2;1-3-2;3*1-2/h4-7H,3H2,1-2H3;3H2,1-2H3;3*1-2H3. The molecule has 0 bridgehead atoms. The van der Waals surface area contributed by atoms with Crippen LogP contribution in [0.15, 0.2) is 24.3 Å². The van der Waals surface area contributed by atoms with Gasteiger partial charge < -0.3 is 0 Å². The summed E-state index contributed by atoms with van der Waals surface area (Å²) in [6.45, 7) is 20.6. The van der Waals surface area contributed by atoms with Gasteiger partial charge in [-0.15, -0.1) is 0 Å². The van der Waals surface area contributed by atoms with E-state index in [-0.39, 0.29) is 0 Å². The van der Waals surface area contributed by atoms with Crippen LogP contribution in [0.4, 0.5) is 0 Å². The van der Waals surface area contributed by atoms with Crippen molar-refractivity contribution in [1.29, 1.82) is 0 Å². The molecule has 0 saturated carbocycles. The molecule has 0 fully saturated rings. The van der Waals surface area contributed by atoms with E-state index in [1.54, 1.807) is 0 Å². The summed E-state index contributed by atoms with van der Waals surface area (Å²) < 4.78 is 0. The molecular weight excluding hydrogens is 216 g/mol. The van der Waals surface area contributed by atoms with Crippen LogP contribution >= 0.6 is 0 Å². The third kappa shape index (κ3) is 20.6. The van der Waals surface area contributed by atoms with Crippen LogP contribution in [0.1, 0.15) is 79.9 Å². The largest absolute Gasteiger partial charge is 0.0683 e. The van der Waals surface area contributed by atoms with Crippen LogP contribution in [0, 0.1) is 6.92 Å². The lowest BCUT2D eigenvalue weighted by Gasteiger charge is -1.98. The summed E-state index contributed by atoms with van der Waals surface area (Å²) in [6, 6.07) is 8.49. The van der Waals surface area contributed by atoms with Crippen molar-refractivity contribution in [2.24, 2.45) is 0 Å². The lowest BCUT2D eigenvalue weighted by Crippen LogP contribution is -1.82. The molecule has 0 aromatic heterocycles. The maximum Gasteiger partial charge on any atom is -0.0305 e. The highest BCUT2D eigenvalue weighted by atomic mass is 13.9. The van der Waals surface area contributed by atoms with Crippen LogP contribution in [0.5, 0.6) is 0 Å². The molecule has 0 heteroatoms. The second kappa shape index (κ2) is 29.8. The molecule has 0 atom stereocenters. The summed E-state index contributed by atoms with van der Waals surface area (Å²) in [5.41, 5.74) is 2.86. The van der Waals surface area contributed by atoms with Crippen LogP contribution in [0.2, 0.25) is 0 Å². The molecule has 1 aromatic carbocycles. The zero-order valence-electron chi connectivity index (χ0n) is 14.7. The van der Waals surface area contributed by atoms with E-state index in [9.17, 15) is 0 Å². The molecule has 0 aliphatic rings. The number of aryl methyl sites for hydroxylation is 2. The Kier molecular flexibility index (Phi) is 43.0. The smallest absolute Gasteiger partial charge is 0.0305 e. The molecule has 0 saturated heterocycles. The van der Waals surface area contributed by atoms with E-state index in [1.807, 2.05) is 41.5 Å². The summed E-state index contributed by atoms with van der Waals surface area (Å²) in [6.07, 6.45) is 2.40. The van der Waals surface area contributed by atoms with Gasteiger partial charge in [-0.05, 0) is 24.5 Å². The first-order chi connectivity index (χ1) is 8.76. The number of hydrogen-bond donors (Lipinski definition) is 0. The lowest BCUT2D eigenvalue weighted by atomic mass is 10.1. The molecule has 0 N–H and O–H groups in total. The van der Waals surface area contributed by atoms with E-state index in [0.717, 1.165) is 6.42 Å². The van der Waals surface area contributed by atoms with Gasteiger partial charge in [0.15, 0.2) is 0 Å². The van der Waals surface area contributed by atoms with E-state index < -0.39 is 0 Å². The van der Waals surface area contributed by atoms with Gasteiger partial charge in [0.2, 0.25) is 0 Å². The monoisotopic (exact) mass is 254 g/mol. The maximum absolute atomic E-state index is 2.18. The number of benzene rings is 1. The minimum absolute atomic E-state index is 1.15. The topological polar surface area (TPSA) is 0 Å². The quantitative estimate of drug-likeness (QED) is 0.503. The van der Waals surface area contributed by atoms with Gasteiger partial charge in [0, 0.05) is 0 Å². The summed E-state index contributed by atoms with van der Waals surface area (Å²) >= 11 is 0. The van der Waals surface area contributed by atoms with Crippen LogP contribution < -0.4 is 0 Å². The van der Waals surface area contributed by atoms with E-state index in [0.29, 0.717) is 0 Å². The Bertz CT molecular complexity index is 201. The van der Waals surface area contributed by atoms with Crippen LogP contribution in [-0.2, 0) is 6.42 Å². The summed E-state index contributed by atoms with van der Waals surface area (Å²) in [5, 5.41) is 0. The lowest BCUT2D eigenvalue weighted by molar-refractivity contribution is 1.09. The van der Waals surface area contributed by atoms with Crippen molar-refractivity contribution in [3.8, 4) is 0 Å². The van der Waals surface area contributed by atoms with Gasteiger partial charge in [0.05, 0.1) is 0 Å². The molecule has 110 valence electrons. The fraction of sp³-hybridized carbons (Fsp3) is 0.667. The molecular formula is C18H38. The second-order valence-electron chi connectivity index (χ2n) is 2.99. The average Bonchev–Trinajstić information content (AvgIpc) is 2.47. The summed E-state index contributed by atoms with van der Waals surface area (Å²) in [7, 11) is 0. The Morgan fingerprint density at radius 2 is 1.06 bits per heavy atom. The zero-order chi connectivity index (χ0) is 15.4. The molecule has 1 rings (SSSR count). The number of hydrogen-bond acceptors (Lipinski definition) is 0. The molecule has 0 heterocycles. The molecule has 18 heavy (non-hydrogen) atoms. The predicted molar refractivity (Wildman–Crippen MR) is 90.6 cm³/mol. The Labute approximate surface area is 118 Å². The molecule has 0 nitrogen and oxygen atoms in total. The van der Waals surface area contributed by atoms with Crippen LogP contribution in [0.3, 0.4) is 0 Å². The fourth-order valence-electron chi connectivity index (χ4n) is 1.01. The third-order valence-corrected chi connectivity index (χ3v) is 1.64. The molecule has 0 radical (unpaired) electrons. The van der Waals surface area contributed by atoms with Crippen molar-refractivity contribution >= 4 is 0 Å². The van der Waals surface area contributed by atoms with Crippen molar-refractivity contribution < 1.29 is 0 Å². The van der Waals surface area contributed by atoms with E-state index in [4.69, 9.17) is 0 Å². The first-order valence-corrected chi connectivity index (χ1v) is 7.80. The highest BCUT2D eigenvalue weighted by molar-refractivity contribution is 5.24. The Morgan fingerprint density at radius 3 is 1.28 bits per heavy atom. The van der Waals surface area contributed by atoms with E-state index in [1.165, 1.54) is 17.5 Å². The Morgan fingerprint density at radius 1 is 0.722 bits per heavy atom. The van der Waals surface area contributed by atoms with Gasteiger partial charge in [-0.2, -0.15) is 0 Å². The first-order valence-electron chi connectivity index (χ1n) is 7.80. The maximum atomic E-state index is 2.18.